The smallest absolute Gasteiger partial charge is 0.257 e. The number of hydrogen-bond acceptors (Lipinski definition) is 1. The molecule has 0 aromatic heterocycles. The molecule has 1 aromatic rings. The van der Waals surface area contributed by atoms with E-state index in [2.05, 4.69) is 5.92 Å². The van der Waals surface area contributed by atoms with Crippen molar-refractivity contribution < 1.29 is 13.6 Å². The molecule has 1 aliphatic rings. The first-order valence-corrected chi connectivity index (χ1v) is 6.28. The fourth-order valence-electron chi connectivity index (χ4n) is 1.80. The molecule has 1 amide bonds. The van der Waals surface area contributed by atoms with Crippen LogP contribution in [0.3, 0.4) is 0 Å². The van der Waals surface area contributed by atoms with Crippen LogP contribution < -0.4 is 0 Å². The second-order valence-corrected chi connectivity index (χ2v) is 4.99. The molecule has 1 fully saturated rings. The van der Waals surface area contributed by atoms with Crippen molar-refractivity contribution in [1.82, 2.24) is 4.90 Å². The molecule has 0 aliphatic heterocycles. The number of carbonyl (C=O) groups excluding carboxylic acids is 1. The fraction of sp³-hybridized carbons (Fsp3) is 0.357. The maximum absolute atomic E-state index is 13.7. The lowest BCUT2D eigenvalue weighted by atomic mass is 10.1. The lowest BCUT2D eigenvalue weighted by Crippen LogP contribution is -2.34. The molecular formula is C14H12ClF2NO. The third-order valence-electron chi connectivity index (χ3n) is 2.99. The largest absolute Gasteiger partial charge is 0.327 e. The standard InChI is InChI=1S/C14H12ClF2NO/c1-2-5-18(8-9-3-4-9)14(19)10-6-13(17)11(15)7-12(10)16/h1,6-7,9H,3-5,8H2. The maximum atomic E-state index is 13.7. The average Bonchev–Trinajstić information content (AvgIpc) is 3.16. The zero-order valence-electron chi connectivity index (χ0n) is 10.1. The Bertz CT molecular complexity index is 549. The van der Waals surface area contributed by atoms with Crippen LogP contribution in [0.4, 0.5) is 8.78 Å². The Hall–Kier alpha value is -1.60. The third-order valence-corrected chi connectivity index (χ3v) is 3.27. The number of nitrogens with zero attached hydrogens (tertiary/aromatic N) is 1. The van der Waals surface area contributed by atoms with E-state index in [0.717, 1.165) is 25.0 Å². The molecule has 0 atom stereocenters. The summed E-state index contributed by atoms with van der Waals surface area (Å²) in [6.07, 6.45) is 7.27. The summed E-state index contributed by atoms with van der Waals surface area (Å²) in [6.45, 7) is 0.561. The molecule has 0 unspecified atom stereocenters. The molecular weight excluding hydrogens is 272 g/mol. The van der Waals surface area contributed by atoms with Gasteiger partial charge >= 0.3 is 0 Å². The first kappa shape index (κ1) is 13.8. The Balaban J connectivity index is 2.25. The number of benzene rings is 1. The highest BCUT2D eigenvalue weighted by atomic mass is 35.5. The summed E-state index contributed by atoms with van der Waals surface area (Å²) in [7, 11) is 0. The van der Waals surface area contributed by atoms with Gasteiger partial charge in [-0.1, -0.05) is 17.5 Å². The van der Waals surface area contributed by atoms with Crippen LogP contribution in [0.15, 0.2) is 12.1 Å². The van der Waals surface area contributed by atoms with Crippen LogP contribution in [-0.4, -0.2) is 23.9 Å². The molecule has 0 radical (unpaired) electrons. The molecule has 0 bridgehead atoms. The number of terminal acetylenes is 1. The lowest BCUT2D eigenvalue weighted by Gasteiger charge is -2.20. The van der Waals surface area contributed by atoms with Crippen LogP contribution >= 0.6 is 11.6 Å². The van der Waals surface area contributed by atoms with Crippen molar-refractivity contribution in [3.63, 3.8) is 0 Å². The zero-order valence-corrected chi connectivity index (χ0v) is 10.9. The lowest BCUT2D eigenvalue weighted by molar-refractivity contribution is 0.0764. The van der Waals surface area contributed by atoms with Gasteiger partial charge in [0.2, 0.25) is 0 Å². The molecule has 0 heterocycles. The van der Waals surface area contributed by atoms with Gasteiger partial charge in [-0.3, -0.25) is 4.79 Å². The third kappa shape index (κ3) is 3.24. The van der Waals surface area contributed by atoms with E-state index < -0.39 is 17.5 Å². The second-order valence-electron chi connectivity index (χ2n) is 4.58. The summed E-state index contributed by atoms with van der Waals surface area (Å²) in [4.78, 5) is 13.5. The summed E-state index contributed by atoms with van der Waals surface area (Å²) >= 11 is 5.45. The molecule has 19 heavy (non-hydrogen) atoms. The van der Waals surface area contributed by atoms with Crippen LogP contribution in [0.2, 0.25) is 5.02 Å². The SMILES string of the molecule is C#CCN(CC1CC1)C(=O)c1cc(F)c(Cl)cc1F. The molecule has 1 saturated carbocycles. The predicted molar refractivity (Wildman–Crippen MR) is 68.8 cm³/mol. The molecule has 2 rings (SSSR count). The highest BCUT2D eigenvalue weighted by molar-refractivity contribution is 6.30. The predicted octanol–water partition coefficient (Wildman–Crippen LogP) is 3.10. The summed E-state index contributed by atoms with van der Waals surface area (Å²) < 4.78 is 27.0. The Morgan fingerprint density at radius 2 is 2.11 bits per heavy atom. The molecule has 1 aliphatic carbocycles. The first-order chi connectivity index (χ1) is 9.02. The second kappa shape index (κ2) is 5.58. The number of rotatable bonds is 4. The van der Waals surface area contributed by atoms with Gasteiger partial charge in [-0.05, 0) is 30.9 Å². The van der Waals surface area contributed by atoms with E-state index in [1.165, 1.54) is 4.90 Å². The van der Waals surface area contributed by atoms with Crippen molar-refractivity contribution in [1.29, 1.82) is 0 Å². The fourth-order valence-corrected chi connectivity index (χ4v) is 1.95. The van der Waals surface area contributed by atoms with Gasteiger partial charge in [-0.2, -0.15) is 0 Å². The van der Waals surface area contributed by atoms with Gasteiger partial charge in [0.15, 0.2) is 0 Å². The van der Waals surface area contributed by atoms with Gasteiger partial charge in [0.25, 0.3) is 5.91 Å². The minimum Gasteiger partial charge on any atom is -0.327 e. The molecule has 1 aromatic carbocycles. The van der Waals surface area contributed by atoms with Crippen molar-refractivity contribution in [2.24, 2.45) is 5.92 Å². The Morgan fingerprint density at radius 1 is 1.42 bits per heavy atom. The summed E-state index contributed by atoms with van der Waals surface area (Å²) in [5, 5.41) is -0.347. The Labute approximate surface area is 115 Å². The number of hydrogen-bond donors (Lipinski definition) is 0. The first-order valence-electron chi connectivity index (χ1n) is 5.90. The quantitative estimate of drug-likeness (QED) is 0.614. The van der Waals surface area contributed by atoms with Crippen LogP contribution in [0.5, 0.6) is 0 Å². The summed E-state index contributed by atoms with van der Waals surface area (Å²) in [6, 6.07) is 1.62. The van der Waals surface area contributed by atoms with E-state index >= 15 is 0 Å². The zero-order chi connectivity index (χ0) is 14.0. The molecule has 2 nitrogen and oxygen atoms in total. The highest BCUT2D eigenvalue weighted by Crippen LogP contribution is 2.30. The van der Waals surface area contributed by atoms with Crippen LogP contribution in [0.25, 0.3) is 0 Å². The number of carbonyl (C=O) groups is 1. The molecule has 0 spiro atoms. The minimum atomic E-state index is -0.839. The molecule has 5 heteroatoms. The number of halogens is 3. The van der Waals surface area contributed by atoms with Gasteiger partial charge in [-0.25, -0.2) is 8.78 Å². The monoisotopic (exact) mass is 283 g/mol. The van der Waals surface area contributed by atoms with E-state index in [0.29, 0.717) is 12.5 Å². The van der Waals surface area contributed by atoms with Crippen molar-refractivity contribution in [2.75, 3.05) is 13.1 Å². The van der Waals surface area contributed by atoms with Gasteiger partial charge in [-0.15, -0.1) is 6.42 Å². The number of amides is 1. The van der Waals surface area contributed by atoms with Crippen molar-refractivity contribution >= 4 is 17.5 Å². The van der Waals surface area contributed by atoms with Crippen LogP contribution in [-0.2, 0) is 0 Å². The topological polar surface area (TPSA) is 20.3 Å². The summed E-state index contributed by atoms with van der Waals surface area (Å²) in [5.41, 5.74) is -0.335. The average molecular weight is 284 g/mol. The van der Waals surface area contributed by atoms with Gasteiger partial charge in [0, 0.05) is 6.54 Å². The molecule has 0 N–H and O–H groups in total. The van der Waals surface area contributed by atoms with E-state index in [1.807, 2.05) is 0 Å². The minimum absolute atomic E-state index is 0.0824. The van der Waals surface area contributed by atoms with Crippen molar-refractivity contribution in [2.45, 2.75) is 12.8 Å². The Morgan fingerprint density at radius 3 is 2.68 bits per heavy atom. The maximum Gasteiger partial charge on any atom is 0.257 e. The normalized spacial score (nSPS) is 14.0. The van der Waals surface area contributed by atoms with Crippen molar-refractivity contribution in [3.8, 4) is 12.3 Å². The highest BCUT2D eigenvalue weighted by Gasteiger charge is 2.28. The molecule has 0 saturated heterocycles. The van der Waals surface area contributed by atoms with E-state index in [-0.39, 0.29) is 17.1 Å². The Kier molecular flexibility index (Phi) is 4.06. The van der Waals surface area contributed by atoms with E-state index in [1.54, 1.807) is 0 Å². The van der Waals surface area contributed by atoms with Crippen molar-refractivity contribution in [3.05, 3.63) is 34.4 Å². The van der Waals surface area contributed by atoms with Gasteiger partial charge in [0.05, 0.1) is 17.1 Å². The van der Waals surface area contributed by atoms with Gasteiger partial charge in [0.1, 0.15) is 11.6 Å². The van der Waals surface area contributed by atoms with Crippen LogP contribution in [0, 0.1) is 29.9 Å². The van der Waals surface area contributed by atoms with E-state index in [9.17, 15) is 13.6 Å². The molecule has 100 valence electrons. The summed E-state index contributed by atoms with van der Waals surface area (Å²) in [5.74, 6) is 0.516. The van der Waals surface area contributed by atoms with E-state index in [4.69, 9.17) is 18.0 Å². The van der Waals surface area contributed by atoms with Crippen LogP contribution in [0.1, 0.15) is 23.2 Å². The van der Waals surface area contributed by atoms with Gasteiger partial charge < -0.3 is 4.90 Å².